The monoisotopic (exact) mass is 355 g/mol. The number of hydrogen-bond donors (Lipinski definition) is 1. The molecule has 0 saturated carbocycles. The second-order valence-corrected chi connectivity index (χ2v) is 8.05. The van der Waals surface area contributed by atoms with Gasteiger partial charge in [0.05, 0.1) is 18.1 Å². The van der Waals surface area contributed by atoms with Crippen LogP contribution in [-0.2, 0) is 30.7 Å². The summed E-state index contributed by atoms with van der Waals surface area (Å²) < 4.78 is 34.3. The second kappa shape index (κ2) is 6.06. The Morgan fingerprint density at radius 2 is 2.04 bits per heavy atom. The summed E-state index contributed by atoms with van der Waals surface area (Å²) >= 11 is 0. The highest BCUT2D eigenvalue weighted by molar-refractivity contribution is 7.91. The van der Waals surface area contributed by atoms with Crippen LogP contribution in [0, 0.1) is 0 Å². The van der Waals surface area contributed by atoms with Crippen molar-refractivity contribution in [3.63, 3.8) is 0 Å². The minimum atomic E-state index is -3.39. The van der Waals surface area contributed by atoms with Gasteiger partial charge in [0.1, 0.15) is 6.61 Å². The maximum atomic E-state index is 12.5. The number of rotatable bonds is 3. The van der Waals surface area contributed by atoms with Crippen LogP contribution in [0.5, 0.6) is 0 Å². The number of benzene rings is 1. The Balaban J connectivity index is 1.80. The fourth-order valence-corrected chi connectivity index (χ4v) is 4.86. The number of carboxylic acids is 1. The summed E-state index contributed by atoms with van der Waals surface area (Å²) in [5, 5.41) is 9.31. The van der Waals surface area contributed by atoms with E-state index >= 15 is 0 Å². The lowest BCUT2D eigenvalue weighted by molar-refractivity contribution is -0.142. The molecule has 1 aromatic carbocycles. The lowest BCUT2D eigenvalue weighted by atomic mass is 10.1. The van der Waals surface area contributed by atoms with E-state index in [1.54, 1.807) is 24.3 Å². The normalized spacial score (nSPS) is 28.2. The summed E-state index contributed by atoms with van der Waals surface area (Å²) in [5.74, 6) is -1.82. The standard InChI is InChI=1S/C15H17NO7S/c17-13(18)12-9-23-15(6-7-24(20,21)10-15)16(12)14(19)22-8-11-4-2-1-3-5-11/h1-5,12H,6-10H2,(H,17,18). The summed E-state index contributed by atoms with van der Waals surface area (Å²) in [6.07, 6.45) is -0.847. The molecular formula is C15H17NO7S. The van der Waals surface area contributed by atoms with Gasteiger partial charge in [-0.25, -0.2) is 18.0 Å². The SMILES string of the molecule is O=C(O)C1COC2(CCS(=O)(=O)C2)N1C(=O)OCc1ccccc1. The predicted molar refractivity (Wildman–Crippen MR) is 81.8 cm³/mol. The summed E-state index contributed by atoms with van der Waals surface area (Å²) in [7, 11) is -3.39. The minimum absolute atomic E-state index is 0.0364. The molecule has 24 heavy (non-hydrogen) atoms. The van der Waals surface area contributed by atoms with Crippen molar-refractivity contribution in [2.45, 2.75) is 24.8 Å². The Hall–Kier alpha value is -2.13. The highest BCUT2D eigenvalue weighted by Gasteiger charge is 2.58. The number of hydrogen-bond acceptors (Lipinski definition) is 6. The average molecular weight is 355 g/mol. The van der Waals surface area contributed by atoms with Crippen molar-refractivity contribution < 1.29 is 32.6 Å². The number of ether oxygens (including phenoxy) is 2. The lowest BCUT2D eigenvalue weighted by Crippen LogP contribution is -2.54. The van der Waals surface area contributed by atoms with Crippen LogP contribution in [0.3, 0.4) is 0 Å². The number of carbonyl (C=O) groups excluding carboxylic acids is 1. The Bertz CT molecular complexity index is 748. The van der Waals surface area contributed by atoms with Crippen LogP contribution >= 0.6 is 0 Å². The highest BCUT2D eigenvalue weighted by atomic mass is 32.2. The zero-order valence-corrected chi connectivity index (χ0v) is 13.6. The number of carboxylic acid groups (broad SMARTS) is 1. The topological polar surface area (TPSA) is 110 Å². The van der Waals surface area contributed by atoms with Crippen molar-refractivity contribution in [3.8, 4) is 0 Å². The van der Waals surface area contributed by atoms with Crippen molar-refractivity contribution in [1.82, 2.24) is 4.90 Å². The molecule has 1 N–H and O–H groups in total. The molecule has 130 valence electrons. The van der Waals surface area contributed by atoms with E-state index in [2.05, 4.69) is 0 Å². The zero-order valence-electron chi connectivity index (χ0n) is 12.8. The van der Waals surface area contributed by atoms with Gasteiger partial charge in [-0.05, 0) is 5.56 Å². The molecule has 0 aromatic heterocycles. The van der Waals surface area contributed by atoms with Crippen molar-refractivity contribution in [2.24, 2.45) is 0 Å². The van der Waals surface area contributed by atoms with Gasteiger partial charge in [-0.3, -0.25) is 4.90 Å². The van der Waals surface area contributed by atoms with Gasteiger partial charge in [0.15, 0.2) is 21.6 Å². The minimum Gasteiger partial charge on any atom is -0.480 e. The van der Waals surface area contributed by atoms with Crippen molar-refractivity contribution in [1.29, 1.82) is 0 Å². The van der Waals surface area contributed by atoms with Crippen LogP contribution in [0.25, 0.3) is 0 Å². The third-order valence-corrected chi connectivity index (χ3v) is 5.91. The van der Waals surface area contributed by atoms with Gasteiger partial charge in [-0.15, -0.1) is 0 Å². The van der Waals surface area contributed by atoms with E-state index in [1.807, 2.05) is 6.07 Å². The Morgan fingerprint density at radius 1 is 1.33 bits per heavy atom. The Kier molecular flexibility index (Phi) is 4.22. The van der Waals surface area contributed by atoms with Gasteiger partial charge in [0.25, 0.3) is 0 Å². The van der Waals surface area contributed by atoms with Crippen LogP contribution < -0.4 is 0 Å². The van der Waals surface area contributed by atoms with Gasteiger partial charge >= 0.3 is 12.1 Å². The summed E-state index contributed by atoms with van der Waals surface area (Å²) in [6, 6.07) is 7.65. The van der Waals surface area contributed by atoms with E-state index in [0.717, 1.165) is 10.5 Å². The largest absolute Gasteiger partial charge is 0.480 e. The first kappa shape index (κ1) is 16.7. The maximum absolute atomic E-state index is 12.5. The number of amides is 1. The van der Waals surface area contributed by atoms with Crippen molar-refractivity contribution >= 4 is 21.9 Å². The molecule has 9 heteroatoms. The molecule has 1 spiro atoms. The fraction of sp³-hybridized carbons (Fsp3) is 0.467. The number of aliphatic carboxylic acids is 1. The molecule has 2 saturated heterocycles. The fourth-order valence-electron chi connectivity index (χ4n) is 3.03. The van der Waals surface area contributed by atoms with Crippen LogP contribution in [-0.4, -0.2) is 60.4 Å². The summed E-state index contributed by atoms with van der Waals surface area (Å²) in [4.78, 5) is 24.8. The Morgan fingerprint density at radius 3 is 2.62 bits per heavy atom. The number of carbonyl (C=O) groups is 2. The molecule has 2 aliphatic rings. The van der Waals surface area contributed by atoms with Crippen molar-refractivity contribution in [2.75, 3.05) is 18.1 Å². The molecule has 0 bridgehead atoms. The van der Waals surface area contributed by atoms with E-state index < -0.39 is 39.4 Å². The predicted octanol–water partition coefficient (Wildman–Crippen LogP) is 0.623. The van der Waals surface area contributed by atoms with Crippen LogP contribution in [0.4, 0.5) is 4.79 Å². The van der Waals surface area contributed by atoms with Gasteiger partial charge in [0, 0.05) is 6.42 Å². The highest BCUT2D eigenvalue weighted by Crippen LogP contribution is 2.38. The first-order valence-electron chi connectivity index (χ1n) is 7.40. The second-order valence-electron chi connectivity index (χ2n) is 5.86. The van der Waals surface area contributed by atoms with E-state index in [-0.39, 0.29) is 25.4 Å². The van der Waals surface area contributed by atoms with E-state index in [9.17, 15) is 23.1 Å². The third kappa shape index (κ3) is 3.09. The molecule has 1 amide bonds. The molecular weight excluding hydrogens is 338 g/mol. The van der Waals surface area contributed by atoms with Crippen LogP contribution in [0.15, 0.2) is 30.3 Å². The molecule has 2 fully saturated rings. The van der Waals surface area contributed by atoms with Crippen LogP contribution in [0.2, 0.25) is 0 Å². The first-order chi connectivity index (χ1) is 11.3. The lowest BCUT2D eigenvalue weighted by Gasteiger charge is -2.33. The summed E-state index contributed by atoms with van der Waals surface area (Å²) in [5.41, 5.74) is -0.707. The molecule has 2 atom stereocenters. The molecule has 1 aromatic rings. The molecule has 2 unspecified atom stereocenters. The number of sulfone groups is 1. The zero-order chi connectivity index (χ0) is 17.4. The van der Waals surface area contributed by atoms with Crippen LogP contribution in [0.1, 0.15) is 12.0 Å². The molecule has 0 aliphatic carbocycles. The summed E-state index contributed by atoms with van der Waals surface area (Å²) in [6.45, 7) is -0.295. The van der Waals surface area contributed by atoms with E-state index in [4.69, 9.17) is 9.47 Å². The molecule has 2 aliphatic heterocycles. The number of nitrogens with zero attached hydrogens (tertiary/aromatic N) is 1. The van der Waals surface area contributed by atoms with Gasteiger partial charge in [-0.1, -0.05) is 30.3 Å². The smallest absolute Gasteiger partial charge is 0.413 e. The average Bonchev–Trinajstić information content (AvgIpc) is 3.06. The third-order valence-electron chi connectivity index (χ3n) is 4.20. The van der Waals surface area contributed by atoms with E-state index in [1.165, 1.54) is 0 Å². The Labute approximate surface area is 138 Å². The molecule has 2 heterocycles. The maximum Gasteiger partial charge on any atom is 0.413 e. The molecule has 8 nitrogen and oxygen atoms in total. The van der Waals surface area contributed by atoms with E-state index in [0.29, 0.717) is 0 Å². The van der Waals surface area contributed by atoms with Gasteiger partial charge in [-0.2, -0.15) is 0 Å². The first-order valence-corrected chi connectivity index (χ1v) is 9.22. The quantitative estimate of drug-likeness (QED) is 0.846. The van der Waals surface area contributed by atoms with Crippen molar-refractivity contribution in [3.05, 3.63) is 35.9 Å². The molecule has 3 rings (SSSR count). The van der Waals surface area contributed by atoms with Gasteiger partial charge < -0.3 is 14.6 Å². The van der Waals surface area contributed by atoms with Gasteiger partial charge in [0.2, 0.25) is 0 Å². The molecule has 0 radical (unpaired) electrons.